The van der Waals surface area contributed by atoms with Crippen LogP contribution in [0.2, 0.25) is 0 Å². The zero-order valence-corrected chi connectivity index (χ0v) is 14.4. The summed E-state index contributed by atoms with van der Waals surface area (Å²) in [6, 6.07) is 3.94. The number of hydrogen-bond acceptors (Lipinski definition) is 6. The van der Waals surface area contributed by atoms with Gasteiger partial charge < -0.3 is 15.3 Å². The van der Waals surface area contributed by atoms with Crippen molar-refractivity contribution in [2.45, 2.75) is 32.9 Å². The fourth-order valence-electron chi connectivity index (χ4n) is 2.12. The van der Waals surface area contributed by atoms with Crippen molar-refractivity contribution in [2.75, 3.05) is 24.5 Å². The number of nitrogens with zero attached hydrogens (tertiary/aromatic N) is 2. The molecule has 21 heavy (non-hydrogen) atoms. The summed E-state index contributed by atoms with van der Waals surface area (Å²) in [6.07, 6.45) is 1.92. The molecule has 0 fully saturated rings. The van der Waals surface area contributed by atoms with E-state index in [1.165, 1.54) is 4.88 Å². The van der Waals surface area contributed by atoms with Crippen molar-refractivity contribution in [1.29, 1.82) is 0 Å². The average Bonchev–Trinajstić information content (AvgIpc) is 3.11. The van der Waals surface area contributed by atoms with Crippen LogP contribution in [0.4, 0.5) is 5.13 Å². The Morgan fingerprint density at radius 1 is 1.38 bits per heavy atom. The Kier molecular flexibility index (Phi) is 5.75. The molecule has 0 amide bonds. The average molecular weight is 326 g/mol. The first kappa shape index (κ1) is 16.4. The summed E-state index contributed by atoms with van der Waals surface area (Å²) < 4.78 is 0. The quantitative estimate of drug-likeness (QED) is 0.783. The van der Waals surface area contributed by atoms with Crippen LogP contribution in [-0.4, -0.2) is 29.7 Å². The van der Waals surface area contributed by atoms with E-state index in [-0.39, 0.29) is 0 Å². The van der Waals surface area contributed by atoms with Crippen molar-refractivity contribution in [3.8, 4) is 0 Å². The molecule has 0 bridgehead atoms. The van der Waals surface area contributed by atoms with E-state index in [2.05, 4.69) is 29.0 Å². The molecule has 0 spiro atoms. The van der Waals surface area contributed by atoms with Gasteiger partial charge in [-0.15, -0.1) is 22.7 Å². The number of anilines is 1. The zero-order valence-electron chi connectivity index (χ0n) is 12.8. The van der Waals surface area contributed by atoms with Gasteiger partial charge in [0.2, 0.25) is 0 Å². The van der Waals surface area contributed by atoms with Gasteiger partial charge in [0, 0.05) is 42.1 Å². The Labute approximate surface area is 134 Å². The van der Waals surface area contributed by atoms with Crippen LogP contribution in [0.25, 0.3) is 0 Å². The molecule has 2 aromatic rings. The molecule has 2 aromatic heterocycles. The van der Waals surface area contributed by atoms with Gasteiger partial charge in [0.25, 0.3) is 0 Å². The lowest BCUT2D eigenvalue weighted by Crippen LogP contribution is -2.34. The highest BCUT2D eigenvalue weighted by atomic mass is 32.1. The first-order valence-electron chi connectivity index (χ1n) is 7.23. The van der Waals surface area contributed by atoms with Gasteiger partial charge in [-0.1, -0.05) is 6.07 Å². The molecule has 0 saturated heterocycles. The van der Waals surface area contributed by atoms with Gasteiger partial charge in [-0.3, -0.25) is 0 Å². The number of nitrogens with one attached hydrogen (secondary N) is 1. The molecule has 1 atom stereocenters. The highest BCUT2D eigenvalue weighted by molar-refractivity contribution is 7.15. The van der Waals surface area contributed by atoms with E-state index in [4.69, 9.17) is 0 Å². The van der Waals surface area contributed by atoms with E-state index in [1.54, 1.807) is 22.7 Å². The minimum Gasteiger partial charge on any atom is -0.383 e. The van der Waals surface area contributed by atoms with Gasteiger partial charge in [-0.2, -0.15) is 0 Å². The number of aliphatic hydroxyl groups is 1. The van der Waals surface area contributed by atoms with Gasteiger partial charge in [0.15, 0.2) is 5.13 Å². The standard InChI is InChI=1S/C15H23N3OS2/c1-4-18(5-2)14-17-10-12(21-14)9-16-11-15(3,19)13-7-6-8-20-13/h6-8,10,16,19H,4-5,9,11H2,1-3H3. The summed E-state index contributed by atoms with van der Waals surface area (Å²) in [4.78, 5) is 8.90. The normalized spacial score (nSPS) is 14.1. The molecule has 2 rings (SSSR count). The maximum atomic E-state index is 10.4. The molecule has 1 unspecified atom stereocenters. The molecule has 0 aliphatic rings. The van der Waals surface area contributed by atoms with E-state index in [9.17, 15) is 5.11 Å². The van der Waals surface area contributed by atoms with Crippen molar-refractivity contribution in [3.63, 3.8) is 0 Å². The fourth-order valence-corrected chi connectivity index (χ4v) is 3.91. The Morgan fingerprint density at radius 2 is 2.14 bits per heavy atom. The van der Waals surface area contributed by atoms with Crippen molar-refractivity contribution in [2.24, 2.45) is 0 Å². The van der Waals surface area contributed by atoms with Crippen LogP contribution in [0, 0.1) is 0 Å². The number of aromatic nitrogens is 1. The third-order valence-corrected chi connectivity index (χ3v) is 5.58. The second kappa shape index (κ2) is 7.35. The van der Waals surface area contributed by atoms with Crippen LogP contribution >= 0.6 is 22.7 Å². The lowest BCUT2D eigenvalue weighted by atomic mass is 10.1. The Hall–Kier alpha value is -0.950. The van der Waals surface area contributed by atoms with Crippen molar-refractivity contribution >= 4 is 27.8 Å². The predicted molar refractivity (Wildman–Crippen MR) is 91.3 cm³/mol. The van der Waals surface area contributed by atoms with Crippen molar-refractivity contribution in [3.05, 3.63) is 33.5 Å². The maximum absolute atomic E-state index is 10.4. The van der Waals surface area contributed by atoms with Gasteiger partial charge in [-0.05, 0) is 32.2 Å². The monoisotopic (exact) mass is 325 g/mol. The predicted octanol–water partition coefficient (Wildman–Crippen LogP) is 3.05. The molecule has 0 aromatic carbocycles. The molecule has 116 valence electrons. The number of thiazole rings is 1. The third-order valence-electron chi connectivity index (χ3n) is 3.40. The van der Waals surface area contributed by atoms with Gasteiger partial charge in [0.1, 0.15) is 5.60 Å². The first-order chi connectivity index (χ1) is 10.1. The molecule has 0 aliphatic heterocycles. The van der Waals surface area contributed by atoms with Gasteiger partial charge in [-0.25, -0.2) is 4.98 Å². The van der Waals surface area contributed by atoms with E-state index in [0.29, 0.717) is 6.54 Å². The van der Waals surface area contributed by atoms with E-state index in [1.807, 2.05) is 30.6 Å². The van der Waals surface area contributed by atoms with E-state index < -0.39 is 5.60 Å². The van der Waals surface area contributed by atoms with Crippen LogP contribution in [0.5, 0.6) is 0 Å². The summed E-state index contributed by atoms with van der Waals surface area (Å²) >= 11 is 3.30. The summed E-state index contributed by atoms with van der Waals surface area (Å²) in [5.74, 6) is 0. The molecule has 0 radical (unpaired) electrons. The van der Waals surface area contributed by atoms with Gasteiger partial charge in [0.05, 0.1) is 0 Å². The summed E-state index contributed by atoms with van der Waals surface area (Å²) in [6.45, 7) is 9.35. The van der Waals surface area contributed by atoms with Crippen LogP contribution in [-0.2, 0) is 12.1 Å². The molecule has 0 aliphatic carbocycles. The lowest BCUT2D eigenvalue weighted by molar-refractivity contribution is 0.0605. The largest absolute Gasteiger partial charge is 0.383 e. The Balaban J connectivity index is 1.86. The summed E-state index contributed by atoms with van der Waals surface area (Å²) in [5, 5.41) is 16.8. The van der Waals surface area contributed by atoms with Crippen LogP contribution in [0.1, 0.15) is 30.5 Å². The number of hydrogen-bond donors (Lipinski definition) is 2. The second-order valence-corrected chi connectivity index (χ2v) is 7.18. The Bertz CT molecular complexity index is 533. The highest BCUT2D eigenvalue weighted by Gasteiger charge is 2.23. The fraction of sp³-hybridized carbons (Fsp3) is 0.533. The van der Waals surface area contributed by atoms with Gasteiger partial charge >= 0.3 is 0 Å². The first-order valence-corrected chi connectivity index (χ1v) is 8.93. The van der Waals surface area contributed by atoms with Crippen LogP contribution in [0.3, 0.4) is 0 Å². The maximum Gasteiger partial charge on any atom is 0.185 e. The molecule has 2 heterocycles. The topological polar surface area (TPSA) is 48.4 Å². The molecular weight excluding hydrogens is 302 g/mol. The van der Waals surface area contributed by atoms with Crippen LogP contribution in [0.15, 0.2) is 23.7 Å². The Morgan fingerprint density at radius 3 is 2.76 bits per heavy atom. The van der Waals surface area contributed by atoms with E-state index >= 15 is 0 Å². The van der Waals surface area contributed by atoms with E-state index in [0.717, 1.165) is 29.6 Å². The smallest absolute Gasteiger partial charge is 0.185 e. The molecule has 0 saturated carbocycles. The molecular formula is C15H23N3OS2. The second-order valence-electron chi connectivity index (χ2n) is 5.14. The SMILES string of the molecule is CCN(CC)c1ncc(CNCC(C)(O)c2cccs2)s1. The van der Waals surface area contributed by atoms with Crippen molar-refractivity contribution < 1.29 is 5.11 Å². The molecule has 4 nitrogen and oxygen atoms in total. The minimum absolute atomic E-state index is 0.534. The number of rotatable bonds is 8. The lowest BCUT2D eigenvalue weighted by Gasteiger charge is -2.22. The minimum atomic E-state index is -0.819. The highest BCUT2D eigenvalue weighted by Crippen LogP contribution is 2.25. The molecule has 6 heteroatoms. The molecule has 2 N–H and O–H groups in total. The number of thiophene rings is 1. The summed E-state index contributed by atoms with van der Waals surface area (Å²) in [5.41, 5.74) is -0.819. The summed E-state index contributed by atoms with van der Waals surface area (Å²) in [7, 11) is 0. The van der Waals surface area contributed by atoms with Crippen LogP contribution < -0.4 is 10.2 Å². The van der Waals surface area contributed by atoms with Crippen molar-refractivity contribution in [1.82, 2.24) is 10.3 Å². The third kappa shape index (κ3) is 4.26. The zero-order chi connectivity index (χ0) is 15.3.